The monoisotopic (exact) mass is 562 g/mol. The quantitative estimate of drug-likeness (QED) is 0.140. The smallest absolute Gasteiger partial charge is 0.411 e. The average molecular weight is 563 g/mol. The number of unbranched alkanes of at least 4 members (excludes halogenated alkanes) is 10. The first-order valence-corrected chi connectivity index (χ1v) is 15.1. The molecule has 0 aliphatic heterocycles. The van der Waals surface area contributed by atoms with E-state index < -0.39 is 12.0 Å². The lowest BCUT2D eigenvalue weighted by Gasteiger charge is -2.14. The summed E-state index contributed by atoms with van der Waals surface area (Å²) in [6, 6.07) is 6.42. The third-order valence-corrected chi connectivity index (χ3v) is 6.99. The molecule has 39 heavy (non-hydrogen) atoms. The maximum Gasteiger partial charge on any atom is 0.411 e. The lowest BCUT2D eigenvalue weighted by Crippen LogP contribution is -2.25. The number of halogens is 1. The minimum atomic E-state index is -0.594. The predicted molar refractivity (Wildman–Crippen MR) is 160 cm³/mol. The largest absolute Gasteiger partial charge is 0.506 e. The predicted octanol–water partition coefficient (Wildman–Crippen LogP) is 8.60. The number of aromatic hydroxyl groups is 1. The summed E-state index contributed by atoms with van der Waals surface area (Å²) in [6.07, 6.45) is 14.7. The van der Waals surface area contributed by atoms with Crippen LogP contribution < -0.4 is 10.6 Å². The van der Waals surface area contributed by atoms with Crippen LogP contribution in [0.5, 0.6) is 5.75 Å². The molecule has 2 aromatic carbocycles. The fraction of sp³-hybridized carbons (Fsp3) is 0.613. The van der Waals surface area contributed by atoms with E-state index in [2.05, 4.69) is 17.6 Å². The zero-order valence-electron chi connectivity index (χ0n) is 23.8. The van der Waals surface area contributed by atoms with Gasteiger partial charge in [0.05, 0.1) is 22.9 Å². The summed E-state index contributed by atoms with van der Waals surface area (Å²) in [7, 11) is 0. The fourth-order valence-corrected chi connectivity index (χ4v) is 4.73. The van der Waals surface area contributed by atoms with Gasteiger partial charge in [-0.3, -0.25) is 10.1 Å². The van der Waals surface area contributed by atoms with E-state index in [0.29, 0.717) is 42.6 Å². The van der Waals surface area contributed by atoms with Gasteiger partial charge in [0.25, 0.3) is 5.91 Å². The highest BCUT2D eigenvalue weighted by Crippen LogP contribution is 2.38. The van der Waals surface area contributed by atoms with Gasteiger partial charge in [-0.05, 0) is 31.4 Å². The van der Waals surface area contributed by atoms with Crippen molar-refractivity contribution in [3.8, 4) is 5.75 Å². The van der Waals surface area contributed by atoms with Crippen molar-refractivity contribution in [2.24, 2.45) is 0 Å². The summed E-state index contributed by atoms with van der Waals surface area (Å²) in [6.45, 7) is 6.33. The van der Waals surface area contributed by atoms with Gasteiger partial charge in [-0.2, -0.15) is 0 Å². The number of fused-ring (bicyclic) bond motifs is 1. The van der Waals surface area contributed by atoms with Crippen LogP contribution in [0.1, 0.15) is 108 Å². The molecule has 0 saturated carbocycles. The lowest BCUT2D eigenvalue weighted by atomic mass is 10.0. The van der Waals surface area contributed by atoms with Gasteiger partial charge < -0.3 is 19.9 Å². The number of nitrogens with one attached hydrogen (secondary N) is 2. The number of phenolic OH excluding ortho intramolecular Hbond substituents is 1. The summed E-state index contributed by atoms with van der Waals surface area (Å²) >= 11 is 6.49. The molecule has 3 N–H and O–H groups in total. The molecule has 0 aromatic heterocycles. The summed E-state index contributed by atoms with van der Waals surface area (Å²) < 4.78 is 10.9. The number of phenols is 1. The van der Waals surface area contributed by atoms with E-state index in [1.54, 1.807) is 18.2 Å². The maximum atomic E-state index is 12.7. The third-order valence-electron chi connectivity index (χ3n) is 6.69. The average Bonchev–Trinajstić information content (AvgIpc) is 2.92. The molecule has 0 unspecified atom stereocenters. The number of carbonyl (C=O) groups is 2. The molecule has 0 atom stereocenters. The SMILES string of the molecule is CCCCCCCCCCCCOCCCNC(=O)c1cc(Cl)c2c(NC(=O)OCCCC)cccc2c1O. The number of ether oxygens (including phenoxy) is 2. The third kappa shape index (κ3) is 12.0. The van der Waals surface area contributed by atoms with E-state index in [4.69, 9.17) is 21.1 Å². The van der Waals surface area contributed by atoms with Crippen molar-refractivity contribution in [1.82, 2.24) is 5.32 Å². The standard InChI is InChI=1S/C31H47ClN2O5/c1-3-5-7-8-9-10-11-12-13-14-20-38-21-16-19-33-30(36)25-23-26(32)28-24(29(25)35)17-15-18-27(28)34-31(37)39-22-6-4-2/h15,17-18,23,35H,3-14,16,19-22H2,1-2H3,(H,33,36)(H,34,37). The summed E-state index contributed by atoms with van der Waals surface area (Å²) in [4.78, 5) is 24.9. The van der Waals surface area contributed by atoms with Crippen LogP contribution in [0.2, 0.25) is 5.02 Å². The van der Waals surface area contributed by atoms with Crippen LogP contribution in [0.15, 0.2) is 24.3 Å². The highest BCUT2D eigenvalue weighted by atomic mass is 35.5. The maximum absolute atomic E-state index is 12.7. The Morgan fingerprint density at radius 1 is 0.846 bits per heavy atom. The number of carbonyl (C=O) groups excluding carboxylic acids is 2. The van der Waals surface area contributed by atoms with Gasteiger partial charge in [0.2, 0.25) is 0 Å². The lowest BCUT2D eigenvalue weighted by molar-refractivity contribution is 0.0937. The Bertz CT molecular complexity index is 1010. The molecule has 0 radical (unpaired) electrons. The molecule has 0 aliphatic rings. The van der Waals surface area contributed by atoms with Gasteiger partial charge in [-0.25, -0.2) is 4.79 Å². The highest BCUT2D eigenvalue weighted by molar-refractivity contribution is 6.38. The van der Waals surface area contributed by atoms with Crippen molar-refractivity contribution < 1.29 is 24.2 Å². The number of benzene rings is 2. The molecule has 0 spiro atoms. The van der Waals surface area contributed by atoms with Crippen molar-refractivity contribution in [3.05, 3.63) is 34.9 Å². The van der Waals surface area contributed by atoms with Crippen molar-refractivity contribution in [3.63, 3.8) is 0 Å². The second-order valence-corrected chi connectivity index (χ2v) is 10.4. The molecule has 0 saturated heterocycles. The molecule has 2 aromatic rings. The van der Waals surface area contributed by atoms with Crippen molar-refractivity contribution in [2.45, 2.75) is 97.3 Å². The Morgan fingerprint density at radius 3 is 2.18 bits per heavy atom. The Hall–Kier alpha value is -2.51. The zero-order valence-corrected chi connectivity index (χ0v) is 24.5. The second kappa shape index (κ2) is 19.5. The van der Waals surface area contributed by atoms with Crippen molar-refractivity contribution >= 4 is 40.1 Å². The van der Waals surface area contributed by atoms with E-state index in [1.165, 1.54) is 63.9 Å². The van der Waals surface area contributed by atoms with Crippen LogP contribution in [-0.2, 0) is 9.47 Å². The molecule has 2 rings (SSSR count). The second-order valence-electron chi connectivity index (χ2n) is 10.0. The molecular formula is C31H47ClN2O5. The van der Waals surface area contributed by atoms with Gasteiger partial charge in [-0.1, -0.05) is 102 Å². The Kier molecular flexibility index (Phi) is 16.4. The summed E-state index contributed by atoms with van der Waals surface area (Å²) in [5, 5.41) is 17.4. The Labute approximate surface area is 239 Å². The van der Waals surface area contributed by atoms with Crippen LogP contribution in [0.25, 0.3) is 10.8 Å². The molecule has 0 heterocycles. The van der Waals surface area contributed by atoms with Crippen LogP contribution in [0, 0.1) is 0 Å². The van der Waals surface area contributed by atoms with Crippen LogP contribution in [-0.4, -0.2) is 43.5 Å². The first-order valence-electron chi connectivity index (χ1n) is 14.7. The minimum absolute atomic E-state index is 0.0847. The molecule has 218 valence electrons. The topological polar surface area (TPSA) is 96.9 Å². The molecule has 0 aliphatic carbocycles. The van der Waals surface area contributed by atoms with Gasteiger partial charge in [0, 0.05) is 30.5 Å². The van der Waals surface area contributed by atoms with Gasteiger partial charge >= 0.3 is 6.09 Å². The van der Waals surface area contributed by atoms with Crippen molar-refractivity contribution in [1.29, 1.82) is 0 Å². The number of rotatable bonds is 20. The number of anilines is 1. The molecule has 7 nitrogen and oxygen atoms in total. The Morgan fingerprint density at radius 2 is 1.49 bits per heavy atom. The van der Waals surface area contributed by atoms with Crippen LogP contribution in [0.4, 0.5) is 10.5 Å². The first-order chi connectivity index (χ1) is 19.0. The Balaban J connectivity index is 1.71. The van der Waals surface area contributed by atoms with Gasteiger partial charge in [-0.15, -0.1) is 0 Å². The van der Waals surface area contributed by atoms with E-state index in [-0.39, 0.29) is 16.3 Å². The summed E-state index contributed by atoms with van der Waals surface area (Å²) in [5.41, 5.74) is 0.488. The molecule has 2 amide bonds. The molecule has 0 bridgehead atoms. The minimum Gasteiger partial charge on any atom is -0.506 e. The highest BCUT2D eigenvalue weighted by Gasteiger charge is 2.19. The van der Waals surface area contributed by atoms with E-state index >= 15 is 0 Å². The molecule has 0 fully saturated rings. The number of amides is 2. The number of hydrogen-bond acceptors (Lipinski definition) is 5. The van der Waals surface area contributed by atoms with E-state index in [0.717, 1.165) is 25.9 Å². The van der Waals surface area contributed by atoms with E-state index in [9.17, 15) is 14.7 Å². The molecular weight excluding hydrogens is 516 g/mol. The van der Waals surface area contributed by atoms with Gasteiger partial charge in [0.1, 0.15) is 5.75 Å². The summed E-state index contributed by atoms with van der Waals surface area (Å²) in [5.74, 6) is -0.601. The van der Waals surface area contributed by atoms with Gasteiger partial charge in [0.15, 0.2) is 0 Å². The van der Waals surface area contributed by atoms with Crippen LogP contribution >= 0.6 is 11.6 Å². The van der Waals surface area contributed by atoms with Crippen molar-refractivity contribution in [2.75, 3.05) is 31.7 Å². The number of hydrogen-bond donors (Lipinski definition) is 3. The normalized spacial score (nSPS) is 11.1. The first kappa shape index (κ1) is 32.7. The van der Waals surface area contributed by atoms with E-state index in [1.807, 2.05) is 6.92 Å². The zero-order chi connectivity index (χ0) is 28.3. The fourth-order valence-electron chi connectivity index (χ4n) is 4.42. The van der Waals surface area contributed by atoms with Crippen LogP contribution in [0.3, 0.4) is 0 Å². The molecule has 8 heteroatoms.